The number of morpholine rings is 1. The summed E-state index contributed by atoms with van der Waals surface area (Å²) in [5, 5.41) is 11.9. The summed E-state index contributed by atoms with van der Waals surface area (Å²) in [5.41, 5.74) is 1.45. The Bertz CT molecular complexity index is 1240. The van der Waals surface area contributed by atoms with Crippen molar-refractivity contribution in [3.8, 4) is 11.4 Å². The third kappa shape index (κ3) is 5.55. The van der Waals surface area contributed by atoms with Crippen molar-refractivity contribution in [3.63, 3.8) is 0 Å². The van der Waals surface area contributed by atoms with Gasteiger partial charge in [0, 0.05) is 30.9 Å². The number of sulfonamides is 1. The molecule has 1 N–H and O–H groups in total. The van der Waals surface area contributed by atoms with Gasteiger partial charge in [-0.25, -0.2) is 8.42 Å². The Morgan fingerprint density at radius 2 is 1.79 bits per heavy atom. The minimum absolute atomic E-state index is 0.123. The van der Waals surface area contributed by atoms with Gasteiger partial charge in [-0.05, 0) is 24.3 Å². The van der Waals surface area contributed by atoms with Gasteiger partial charge < -0.3 is 10.1 Å². The third-order valence-corrected chi connectivity index (χ3v) is 8.02. The Kier molecular flexibility index (Phi) is 7.78. The Labute approximate surface area is 202 Å². The first-order valence-electron chi connectivity index (χ1n) is 10.7. The van der Waals surface area contributed by atoms with Gasteiger partial charge in [-0.15, -0.1) is 16.8 Å². The van der Waals surface area contributed by atoms with Gasteiger partial charge in [0.05, 0.1) is 23.9 Å². The summed E-state index contributed by atoms with van der Waals surface area (Å²) in [4.78, 5) is 12.7. The zero-order chi connectivity index (χ0) is 24.0. The van der Waals surface area contributed by atoms with E-state index in [0.717, 1.165) is 5.56 Å². The maximum atomic E-state index is 12.7. The molecule has 0 aliphatic carbocycles. The van der Waals surface area contributed by atoms with E-state index in [1.807, 2.05) is 34.9 Å². The normalized spacial score (nSPS) is 14.6. The van der Waals surface area contributed by atoms with Crippen molar-refractivity contribution in [2.24, 2.45) is 0 Å². The monoisotopic (exact) mass is 499 g/mol. The number of rotatable bonds is 9. The number of allylic oxidation sites excluding steroid dienone is 1. The summed E-state index contributed by atoms with van der Waals surface area (Å²) >= 11 is 1.27. The highest BCUT2D eigenvalue weighted by Crippen LogP contribution is 2.24. The first-order chi connectivity index (χ1) is 16.5. The molecule has 0 spiro atoms. The van der Waals surface area contributed by atoms with E-state index in [1.54, 1.807) is 18.2 Å². The summed E-state index contributed by atoms with van der Waals surface area (Å²) in [6.07, 6.45) is 1.76. The molecule has 0 unspecified atom stereocenters. The zero-order valence-corrected chi connectivity index (χ0v) is 20.1. The lowest BCUT2D eigenvalue weighted by Gasteiger charge is -2.26. The average molecular weight is 500 g/mol. The zero-order valence-electron chi connectivity index (χ0n) is 18.5. The molecule has 0 radical (unpaired) electrons. The van der Waals surface area contributed by atoms with Crippen molar-refractivity contribution < 1.29 is 17.9 Å². The molecule has 34 heavy (non-hydrogen) atoms. The summed E-state index contributed by atoms with van der Waals surface area (Å²) in [6.45, 7) is 5.76. The molecule has 11 heteroatoms. The van der Waals surface area contributed by atoms with Crippen LogP contribution in [0.1, 0.15) is 0 Å². The molecule has 0 bridgehead atoms. The van der Waals surface area contributed by atoms with Gasteiger partial charge in [0.15, 0.2) is 11.0 Å². The number of carbonyl (C=O) groups is 1. The van der Waals surface area contributed by atoms with Crippen LogP contribution in [0.4, 0.5) is 5.69 Å². The highest BCUT2D eigenvalue weighted by Gasteiger charge is 2.26. The van der Waals surface area contributed by atoms with Crippen LogP contribution in [0.25, 0.3) is 11.4 Å². The molecule has 1 fully saturated rings. The molecule has 1 saturated heterocycles. The van der Waals surface area contributed by atoms with Crippen LogP contribution in [0.15, 0.2) is 77.3 Å². The molecule has 9 nitrogen and oxygen atoms in total. The molecule has 3 aromatic rings. The number of anilines is 1. The van der Waals surface area contributed by atoms with Crippen molar-refractivity contribution in [2.75, 3.05) is 37.4 Å². The Morgan fingerprint density at radius 1 is 1.09 bits per heavy atom. The Hall–Kier alpha value is -2.99. The number of nitrogens with zero attached hydrogens (tertiary/aromatic N) is 4. The number of nitrogens with one attached hydrogen (secondary N) is 1. The predicted molar refractivity (Wildman–Crippen MR) is 131 cm³/mol. The smallest absolute Gasteiger partial charge is 0.243 e. The quantitative estimate of drug-likeness (QED) is 0.356. The molecule has 1 amide bonds. The lowest BCUT2D eigenvalue weighted by Crippen LogP contribution is -2.40. The van der Waals surface area contributed by atoms with Gasteiger partial charge in [0.25, 0.3) is 0 Å². The minimum atomic E-state index is -3.57. The van der Waals surface area contributed by atoms with E-state index in [4.69, 9.17) is 4.74 Å². The molecule has 2 heterocycles. The van der Waals surface area contributed by atoms with Gasteiger partial charge in [0.1, 0.15) is 0 Å². The van der Waals surface area contributed by atoms with Gasteiger partial charge in [0.2, 0.25) is 15.9 Å². The second kappa shape index (κ2) is 11.0. The number of ether oxygens (including phenoxy) is 1. The van der Waals surface area contributed by atoms with Crippen molar-refractivity contribution in [1.29, 1.82) is 0 Å². The average Bonchev–Trinajstić information content (AvgIpc) is 3.27. The predicted octanol–water partition coefficient (Wildman–Crippen LogP) is 2.88. The van der Waals surface area contributed by atoms with E-state index in [-0.39, 0.29) is 16.6 Å². The lowest BCUT2D eigenvalue weighted by atomic mass is 10.2. The van der Waals surface area contributed by atoms with Crippen molar-refractivity contribution in [2.45, 2.75) is 16.6 Å². The fourth-order valence-corrected chi connectivity index (χ4v) is 5.62. The summed E-state index contributed by atoms with van der Waals surface area (Å²) in [5.74, 6) is 0.599. The molecular formula is C23H25N5O4S2. The van der Waals surface area contributed by atoms with E-state index in [1.165, 1.54) is 28.2 Å². The number of hydrogen-bond donors (Lipinski definition) is 1. The largest absolute Gasteiger partial charge is 0.379 e. The van der Waals surface area contributed by atoms with Crippen LogP contribution in [0.2, 0.25) is 0 Å². The fraction of sp³-hybridized carbons (Fsp3) is 0.261. The van der Waals surface area contributed by atoms with Crippen molar-refractivity contribution in [3.05, 3.63) is 67.3 Å². The standard InChI is InChI=1S/C23H25N5O4S2/c1-2-12-28-22(18-6-4-3-5-7-18)25-26-23(28)33-17-21(29)24-19-8-10-20(11-9-19)34(30,31)27-13-15-32-16-14-27/h2-11H,1,12-17H2,(H,24,29). The Morgan fingerprint density at radius 3 is 2.47 bits per heavy atom. The Balaban J connectivity index is 1.38. The van der Waals surface area contributed by atoms with E-state index >= 15 is 0 Å². The molecule has 0 atom stereocenters. The van der Waals surface area contributed by atoms with E-state index in [2.05, 4.69) is 22.1 Å². The maximum absolute atomic E-state index is 12.7. The lowest BCUT2D eigenvalue weighted by molar-refractivity contribution is -0.113. The third-order valence-electron chi connectivity index (χ3n) is 5.14. The van der Waals surface area contributed by atoms with Crippen LogP contribution in [0.5, 0.6) is 0 Å². The highest BCUT2D eigenvalue weighted by molar-refractivity contribution is 7.99. The van der Waals surface area contributed by atoms with Crippen LogP contribution in [-0.4, -0.2) is 65.5 Å². The van der Waals surface area contributed by atoms with Crippen LogP contribution < -0.4 is 5.32 Å². The second-order valence-corrected chi connectivity index (χ2v) is 10.3. The number of aromatic nitrogens is 3. The van der Waals surface area contributed by atoms with Gasteiger partial charge >= 0.3 is 0 Å². The molecular weight excluding hydrogens is 474 g/mol. The molecule has 1 aliphatic heterocycles. The fourth-order valence-electron chi connectivity index (χ4n) is 3.46. The van der Waals surface area contributed by atoms with Crippen LogP contribution in [0.3, 0.4) is 0 Å². The number of benzene rings is 2. The molecule has 4 rings (SSSR count). The van der Waals surface area contributed by atoms with Crippen LogP contribution in [0, 0.1) is 0 Å². The van der Waals surface area contributed by atoms with Crippen LogP contribution in [-0.2, 0) is 26.1 Å². The molecule has 1 aromatic heterocycles. The summed E-state index contributed by atoms with van der Waals surface area (Å²) in [6, 6.07) is 15.9. The number of thioether (sulfide) groups is 1. The first kappa shape index (κ1) is 24.1. The molecule has 2 aromatic carbocycles. The second-order valence-electron chi connectivity index (χ2n) is 7.45. The van der Waals surface area contributed by atoms with Crippen molar-refractivity contribution >= 4 is 33.4 Å². The molecule has 178 valence electrons. The topological polar surface area (TPSA) is 106 Å². The van der Waals surface area contributed by atoms with Gasteiger partial charge in [-0.2, -0.15) is 4.31 Å². The molecule has 0 saturated carbocycles. The highest BCUT2D eigenvalue weighted by atomic mass is 32.2. The van der Waals surface area contributed by atoms with E-state index in [0.29, 0.717) is 49.5 Å². The first-order valence-corrected chi connectivity index (χ1v) is 13.1. The summed E-state index contributed by atoms with van der Waals surface area (Å²) < 4.78 is 34.0. The van der Waals surface area contributed by atoms with E-state index in [9.17, 15) is 13.2 Å². The number of carbonyl (C=O) groups excluding carboxylic acids is 1. The SMILES string of the molecule is C=CCn1c(SCC(=O)Nc2ccc(S(=O)(=O)N3CCOCC3)cc2)nnc1-c1ccccc1. The summed E-state index contributed by atoms with van der Waals surface area (Å²) in [7, 11) is -3.57. The minimum Gasteiger partial charge on any atom is -0.379 e. The maximum Gasteiger partial charge on any atom is 0.243 e. The van der Waals surface area contributed by atoms with Crippen LogP contribution >= 0.6 is 11.8 Å². The van der Waals surface area contributed by atoms with Gasteiger partial charge in [-0.1, -0.05) is 48.2 Å². The van der Waals surface area contributed by atoms with E-state index < -0.39 is 10.0 Å². The number of amides is 1. The number of hydrogen-bond acceptors (Lipinski definition) is 7. The van der Waals surface area contributed by atoms with Crippen molar-refractivity contribution in [1.82, 2.24) is 19.1 Å². The molecule has 1 aliphatic rings. The van der Waals surface area contributed by atoms with Gasteiger partial charge in [-0.3, -0.25) is 9.36 Å².